The molecule has 0 aromatic heterocycles. The molecular formula is C16H31N3O. The Morgan fingerprint density at radius 1 is 1.30 bits per heavy atom. The first-order valence-corrected chi connectivity index (χ1v) is 8.38. The maximum atomic E-state index is 11.9. The van der Waals surface area contributed by atoms with Gasteiger partial charge in [-0.3, -0.25) is 4.79 Å². The molecule has 0 unspecified atom stereocenters. The third kappa shape index (κ3) is 5.06. The van der Waals surface area contributed by atoms with Crippen molar-refractivity contribution in [3.63, 3.8) is 0 Å². The van der Waals surface area contributed by atoms with Gasteiger partial charge in [-0.15, -0.1) is 0 Å². The fraction of sp³-hybridized carbons (Fsp3) is 0.938. The zero-order chi connectivity index (χ0) is 14.4. The number of carbonyl (C=O) groups is 1. The lowest BCUT2D eigenvalue weighted by Crippen LogP contribution is -2.44. The van der Waals surface area contributed by atoms with Crippen LogP contribution in [0, 0.1) is 11.8 Å². The van der Waals surface area contributed by atoms with E-state index in [9.17, 15) is 4.79 Å². The first kappa shape index (κ1) is 15.8. The van der Waals surface area contributed by atoms with Gasteiger partial charge in [0.15, 0.2) is 0 Å². The van der Waals surface area contributed by atoms with Gasteiger partial charge in [0.1, 0.15) is 0 Å². The van der Waals surface area contributed by atoms with E-state index >= 15 is 0 Å². The summed E-state index contributed by atoms with van der Waals surface area (Å²) in [5, 5.41) is 6.40. The number of carbonyl (C=O) groups excluding carboxylic acids is 1. The van der Waals surface area contributed by atoms with Crippen LogP contribution >= 0.6 is 0 Å². The van der Waals surface area contributed by atoms with Gasteiger partial charge >= 0.3 is 0 Å². The van der Waals surface area contributed by atoms with E-state index in [0.29, 0.717) is 5.92 Å². The Balaban J connectivity index is 1.58. The molecule has 20 heavy (non-hydrogen) atoms. The van der Waals surface area contributed by atoms with Gasteiger partial charge in [0.2, 0.25) is 5.91 Å². The summed E-state index contributed by atoms with van der Waals surface area (Å²) < 4.78 is 0. The number of nitrogens with zero attached hydrogens (tertiary/aromatic N) is 1. The van der Waals surface area contributed by atoms with Crippen molar-refractivity contribution in [1.82, 2.24) is 15.5 Å². The lowest BCUT2D eigenvalue weighted by atomic mass is 9.96. The molecule has 0 aromatic carbocycles. The van der Waals surface area contributed by atoms with Crippen molar-refractivity contribution in [2.75, 3.05) is 32.7 Å². The predicted molar refractivity (Wildman–Crippen MR) is 82.7 cm³/mol. The summed E-state index contributed by atoms with van der Waals surface area (Å²) in [5.41, 5.74) is 0. The number of amides is 1. The molecule has 0 spiro atoms. The van der Waals surface area contributed by atoms with E-state index < -0.39 is 0 Å². The average molecular weight is 281 g/mol. The average Bonchev–Trinajstić information content (AvgIpc) is 2.98. The van der Waals surface area contributed by atoms with Crippen molar-refractivity contribution in [2.45, 2.75) is 52.0 Å². The van der Waals surface area contributed by atoms with Crippen LogP contribution in [-0.4, -0.2) is 49.6 Å². The van der Waals surface area contributed by atoms with Crippen LogP contribution in [0.1, 0.15) is 46.0 Å². The van der Waals surface area contributed by atoms with Crippen LogP contribution < -0.4 is 10.6 Å². The molecule has 0 saturated carbocycles. The van der Waals surface area contributed by atoms with Gasteiger partial charge in [0.25, 0.3) is 0 Å². The molecule has 2 rings (SSSR count). The molecule has 2 N–H and O–H groups in total. The lowest BCUT2D eigenvalue weighted by molar-refractivity contribution is -0.123. The molecule has 2 heterocycles. The monoisotopic (exact) mass is 281 g/mol. The number of hydrogen-bond donors (Lipinski definition) is 2. The van der Waals surface area contributed by atoms with E-state index in [-0.39, 0.29) is 11.9 Å². The van der Waals surface area contributed by atoms with Gasteiger partial charge in [0, 0.05) is 6.54 Å². The number of nitrogens with one attached hydrogen (secondary N) is 2. The molecule has 1 atom stereocenters. The molecule has 0 aromatic rings. The van der Waals surface area contributed by atoms with Gasteiger partial charge in [-0.2, -0.15) is 0 Å². The summed E-state index contributed by atoms with van der Waals surface area (Å²) in [6.07, 6.45) is 5.90. The second-order valence-electron chi connectivity index (χ2n) is 6.86. The minimum absolute atomic E-state index is 0.0705. The smallest absolute Gasteiger partial charge is 0.237 e. The minimum atomic E-state index is 0.0705. The molecule has 0 aliphatic carbocycles. The van der Waals surface area contributed by atoms with Gasteiger partial charge < -0.3 is 15.5 Å². The van der Waals surface area contributed by atoms with Crippen molar-refractivity contribution in [3.8, 4) is 0 Å². The molecule has 116 valence electrons. The Labute approximate surface area is 123 Å². The molecule has 2 saturated heterocycles. The van der Waals surface area contributed by atoms with Crippen LogP contribution in [0.5, 0.6) is 0 Å². The van der Waals surface area contributed by atoms with E-state index in [1.54, 1.807) is 0 Å². The normalized spacial score (nSPS) is 25.2. The number of piperidine rings is 1. The molecular weight excluding hydrogens is 250 g/mol. The fourth-order valence-electron chi connectivity index (χ4n) is 3.13. The van der Waals surface area contributed by atoms with Crippen LogP contribution in [-0.2, 0) is 4.79 Å². The summed E-state index contributed by atoms with van der Waals surface area (Å²) in [5.74, 6) is 1.69. The third-order valence-corrected chi connectivity index (χ3v) is 4.67. The first-order chi connectivity index (χ1) is 9.65. The summed E-state index contributed by atoms with van der Waals surface area (Å²) >= 11 is 0. The maximum Gasteiger partial charge on any atom is 0.237 e. The van der Waals surface area contributed by atoms with Crippen LogP contribution in [0.25, 0.3) is 0 Å². The van der Waals surface area contributed by atoms with E-state index in [0.717, 1.165) is 31.8 Å². The van der Waals surface area contributed by atoms with Crippen LogP contribution in [0.3, 0.4) is 0 Å². The zero-order valence-corrected chi connectivity index (χ0v) is 13.2. The SMILES string of the molecule is CC(C)CCN1CCC(CNC(=O)[C@@H]2CCCN2)CC1. The highest BCUT2D eigenvalue weighted by atomic mass is 16.2. The van der Waals surface area contributed by atoms with Gasteiger partial charge in [-0.1, -0.05) is 13.8 Å². The summed E-state index contributed by atoms with van der Waals surface area (Å²) in [7, 11) is 0. The van der Waals surface area contributed by atoms with Crippen LogP contribution in [0.15, 0.2) is 0 Å². The van der Waals surface area contributed by atoms with E-state index in [4.69, 9.17) is 0 Å². The number of hydrogen-bond acceptors (Lipinski definition) is 3. The quantitative estimate of drug-likeness (QED) is 0.777. The summed E-state index contributed by atoms with van der Waals surface area (Å²) in [6.45, 7) is 10.1. The van der Waals surface area contributed by atoms with Gasteiger partial charge in [0.05, 0.1) is 6.04 Å². The topological polar surface area (TPSA) is 44.4 Å². The summed E-state index contributed by atoms with van der Waals surface area (Å²) in [4.78, 5) is 14.5. The lowest BCUT2D eigenvalue weighted by Gasteiger charge is -2.32. The third-order valence-electron chi connectivity index (χ3n) is 4.67. The highest BCUT2D eigenvalue weighted by Gasteiger charge is 2.24. The Kier molecular flexibility index (Phi) is 6.30. The highest BCUT2D eigenvalue weighted by molar-refractivity contribution is 5.81. The van der Waals surface area contributed by atoms with Crippen LogP contribution in [0.4, 0.5) is 0 Å². The van der Waals surface area contributed by atoms with Crippen molar-refractivity contribution >= 4 is 5.91 Å². The number of likely N-dealkylation sites (tertiary alicyclic amines) is 1. The van der Waals surface area contributed by atoms with Crippen molar-refractivity contribution in [1.29, 1.82) is 0 Å². The first-order valence-electron chi connectivity index (χ1n) is 8.38. The van der Waals surface area contributed by atoms with E-state index in [1.165, 1.54) is 38.9 Å². The van der Waals surface area contributed by atoms with Gasteiger partial charge in [-0.05, 0) is 70.1 Å². The van der Waals surface area contributed by atoms with Gasteiger partial charge in [-0.25, -0.2) is 0 Å². The number of rotatable bonds is 6. The summed E-state index contributed by atoms with van der Waals surface area (Å²) in [6, 6.07) is 0.0705. The van der Waals surface area contributed by atoms with Crippen LogP contribution in [0.2, 0.25) is 0 Å². The zero-order valence-electron chi connectivity index (χ0n) is 13.2. The predicted octanol–water partition coefficient (Wildman–Crippen LogP) is 1.61. The second-order valence-corrected chi connectivity index (χ2v) is 6.86. The molecule has 2 fully saturated rings. The molecule has 1 amide bonds. The molecule has 2 aliphatic heterocycles. The molecule has 2 aliphatic rings. The molecule has 0 radical (unpaired) electrons. The molecule has 0 bridgehead atoms. The second kappa shape index (κ2) is 7.99. The van der Waals surface area contributed by atoms with Crippen molar-refractivity contribution in [2.24, 2.45) is 11.8 Å². The van der Waals surface area contributed by atoms with Crippen molar-refractivity contribution < 1.29 is 4.79 Å². The molecule has 4 heteroatoms. The Morgan fingerprint density at radius 3 is 2.65 bits per heavy atom. The minimum Gasteiger partial charge on any atom is -0.354 e. The highest BCUT2D eigenvalue weighted by Crippen LogP contribution is 2.17. The van der Waals surface area contributed by atoms with E-state index in [2.05, 4.69) is 29.4 Å². The Hall–Kier alpha value is -0.610. The largest absolute Gasteiger partial charge is 0.354 e. The van der Waals surface area contributed by atoms with E-state index in [1.807, 2.05) is 0 Å². The van der Waals surface area contributed by atoms with Crippen molar-refractivity contribution in [3.05, 3.63) is 0 Å². The Morgan fingerprint density at radius 2 is 2.05 bits per heavy atom. The maximum absolute atomic E-state index is 11.9. The fourth-order valence-corrected chi connectivity index (χ4v) is 3.13. The molecule has 4 nitrogen and oxygen atoms in total. The Bertz CT molecular complexity index is 292. The standard InChI is InChI=1S/C16H31N3O/c1-13(2)5-9-19-10-6-14(7-11-19)12-18-16(20)15-4-3-8-17-15/h13-15,17H,3-12H2,1-2H3,(H,18,20)/t15-/m0/s1.